The lowest BCUT2D eigenvalue weighted by Gasteiger charge is -2.36. The largest absolute Gasteiger partial charge is 0.497 e. The Hall–Kier alpha value is -3.30. The molecule has 34 heavy (non-hydrogen) atoms. The third kappa shape index (κ3) is 4.53. The Morgan fingerprint density at radius 2 is 1.85 bits per heavy atom. The number of hydrogen-bond acceptors (Lipinski definition) is 7. The molecule has 3 heterocycles. The first kappa shape index (κ1) is 22.5. The minimum Gasteiger partial charge on any atom is -0.497 e. The third-order valence-electron chi connectivity index (χ3n) is 6.65. The SMILES string of the molecule is COc1ccc2c(c1)OCN(C[C@@]1(c3ccc(OCC4CCOCC4)cc3)NC(=O)NC1=O)C2. The smallest absolute Gasteiger partial charge is 0.322 e. The summed E-state index contributed by atoms with van der Waals surface area (Å²) in [5, 5.41) is 5.25. The van der Waals surface area contributed by atoms with E-state index in [9.17, 15) is 9.59 Å². The van der Waals surface area contributed by atoms with Gasteiger partial charge in [-0.1, -0.05) is 18.2 Å². The molecular weight excluding hydrogens is 438 g/mol. The van der Waals surface area contributed by atoms with Crippen molar-refractivity contribution in [1.82, 2.24) is 15.5 Å². The Balaban J connectivity index is 1.31. The number of carbonyl (C=O) groups excluding carboxylic acids is 2. The van der Waals surface area contributed by atoms with Crippen LogP contribution in [0.15, 0.2) is 42.5 Å². The summed E-state index contributed by atoms with van der Waals surface area (Å²) in [6, 6.07) is 12.6. The molecule has 2 aromatic rings. The highest BCUT2D eigenvalue weighted by atomic mass is 16.5. The Morgan fingerprint density at radius 1 is 1.09 bits per heavy atom. The van der Waals surface area contributed by atoms with Gasteiger partial charge >= 0.3 is 6.03 Å². The maximum absolute atomic E-state index is 13.0. The first-order valence-corrected chi connectivity index (χ1v) is 11.5. The summed E-state index contributed by atoms with van der Waals surface area (Å²) in [7, 11) is 1.61. The monoisotopic (exact) mass is 467 g/mol. The van der Waals surface area contributed by atoms with Crippen LogP contribution in [-0.4, -0.2) is 57.0 Å². The second kappa shape index (κ2) is 9.52. The number of amides is 3. The van der Waals surface area contributed by atoms with Crippen molar-refractivity contribution in [3.05, 3.63) is 53.6 Å². The molecule has 0 bridgehead atoms. The lowest BCUT2D eigenvalue weighted by Crippen LogP contribution is -2.53. The van der Waals surface area contributed by atoms with Gasteiger partial charge in [-0.3, -0.25) is 15.0 Å². The summed E-state index contributed by atoms with van der Waals surface area (Å²) in [4.78, 5) is 27.2. The Kier molecular flexibility index (Phi) is 6.30. The second-order valence-corrected chi connectivity index (χ2v) is 8.94. The molecule has 2 N–H and O–H groups in total. The van der Waals surface area contributed by atoms with Crippen molar-refractivity contribution in [2.45, 2.75) is 24.9 Å². The molecule has 0 radical (unpaired) electrons. The number of carbonyl (C=O) groups is 2. The normalized spacial score (nSPS) is 23.0. The van der Waals surface area contributed by atoms with E-state index < -0.39 is 11.6 Å². The predicted octanol–water partition coefficient (Wildman–Crippen LogP) is 2.39. The van der Waals surface area contributed by atoms with E-state index >= 15 is 0 Å². The fraction of sp³-hybridized carbons (Fsp3) is 0.440. The maximum atomic E-state index is 13.0. The molecule has 180 valence electrons. The van der Waals surface area contributed by atoms with Gasteiger partial charge < -0.3 is 24.3 Å². The highest BCUT2D eigenvalue weighted by Crippen LogP contribution is 2.33. The van der Waals surface area contributed by atoms with Crippen LogP contribution >= 0.6 is 0 Å². The minimum atomic E-state index is -1.22. The molecule has 0 unspecified atom stereocenters. The van der Waals surface area contributed by atoms with Crippen molar-refractivity contribution in [1.29, 1.82) is 0 Å². The molecule has 5 rings (SSSR count). The molecule has 3 aliphatic heterocycles. The molecule has 3 aliphatic rings. The lowest BCUT2D eigenvalue weighted by molar-refractivity contribution is -0.125. The molecule has 0 spiro atoms. The van der Waals surface area contributed by atoms with E-state index in [-0.39, 0.29) is 19.2 Å². The summed E-state index contributed by atoms with van der Waals surface area (Å²) in [5.41, 5.74) is 0.461. The first-order chi connectivity index (χ1) is 16.6. The van der Waals surface area contributed by atoms with E-state index in [1.807, 2.05) is 47.4 Å². The van der Waals surface area contributed by atoms with Gasteiger partial charge in [-0.2, -0.15) is 0 Å². The highest BCUT2D eigenvalue weighted by molar-refractivity contribution is 6.07. The van der Waals surface area contributed by atoms with Crippen molar-refractivity contribution in [3.8, 4) is 17.2 Å². The summed E-state index contributed by atoms with van der Waals surface area (Å²) >= 11 is 0. The van der Waals surface area contributed by atoms with E-state index in [1.54, 1.807) is 7.11 Å². The number of nitrogens with zero attached hydrogens (tertiary/aromatic N) is 1. The molecule has 2 aromatic carbocycles. The zero-order chi connectivity index (χ0) is 23.5. The van der Waals surface area contributed by atoms with Crippen LogP contribution in [0.5, 0.6) is 17.2 Å². The quantitative estimate of drug-likeness (QED) is 0.604. The van der Waals surface area contributed by atoms with Crippen molar-refractivity contribution < 1.29 is 28.5 Å². The fourth-order valence-electron chi connectivity index (χ4n) is 4.67. The molecule has 1 atom stereocenters. The number of benzene rings is 2. The number of ether oxygens (including phenoxy) is 4. The van der Waals surface area contributed by atoms with Gasteiger partial charge in [0.1, 0.15) is 24.0 Å². The standard InChI is InChI=1S/C25H29N3O6/c1-31-21-5-2-18-13-28(16-34-22(18)12-21)15-25(23(29)26-24(30)27-25)19-3-6-20(7-4-19)33-14-17-8-10-32-11-9-17/h2-7,12,17H,8-11,13-16H2,1H3,(H2,26,27,29,30)/t25-/m0/s1. The van der Waals surface area contributed by atoms with Crippen LogP contribution in [0.4, 0.5) is 4.79 Å². The third-order valence-corrected chi connectivity index (χ3v) is 6.65. The number of nitrogens with one attached hydrogen (secondary N) is 2. The number of urea groups is 1. The predicted molar refractivity (Wildman–Crippen MR) is 123 cm³/mol. The average Bonchev–Trinajstić information content (AvgIpc) is 3.16. The summed E-state index contributed by atoms with van der Waals surface area (Å²) in [6.07, 6.45) is 2.00. The van der Waals surface area contributed by atoms with Gasteiger partial charge in [0, 0.05) is 37.9 Å². The molecule has 2 saturated heterocycles. The van der Waals surface area contributed by atoms with Gasteiger partial charge in [0.2, 0.25) is 0 Å². The molecule has 0 aliphatic carbocycles. The van der Waals surface area contributed by atoms with Crippen molar-refractivity contribution in [3.63, 3.8) is 0 Å². The summed E-state index contributed by atoms with van der Waals surface area (Å²) in [5.74, 6) is 2.33. The molecule has 0 saturated carbocycles. The van der Waals surface area contributed by atoms with Crippen molar-refractivity contribution in [2.24, 2.45) is 5.92 Å². The number of rotatable bonds is 7. The van der Waals surface area contributed by atoms with Crippen LogP contribution in [0.25, 0.3) is 0 Å². The number of fused-ring (bicyclic) bond motifs is 1. The van der Waals surface area contributed by atoms with Crippen LogP contribution in [0.3, 0.4) is 0 Å². The zero-order valence-corrected chi connectivity index (χ0v) is 19.2. The average molecular weight is 468 g/mol. The Bertz CT molecular complexity index is 1050. The van der Waals surface area contributed by atoms with E-state index in [0.717, 1.165) is 48.9 Å². The molecule has 3 amide bonds. The van der Waals surface area contributed by atoms with Crippen LogP contribution in [0.1, 0.15) is 24.0 Å². The lowest BCUT2D eigenvalue weighted by atomic mass is 9.89. The summed E-state index contributed by atoms with van der Waals surface area (Å²) < 4.78 is 22.5. The molecule has 0 aromatic heterocycles. The topological polar surface area (TPSA) is 98.4 Å². The van der Waals surface area contributed by atoms with Crippen LogP contribution in [0.2, 0.25) is 0 Å². The first-order valence-electron chi connectivity index (χ1n) is 11.5. The number of hydrogen-bond donors (Lipinski definition) is 2. The summed E-state index contributed by atoms with van der Waals surface area (Å²) in [6.45, 7) is 3.33. The van der Waals surface area contributed by atoms with Crippen LogP contribution in [-0.2, 0) is 21.6 Å². The van der Waals surface area contributed by atoms with E-state index in [4.69, 9.17) is 18.9 Å². The van der Waals surface area contributed by atoms with Gasteiger partial charge in [0.15, 0.2) is 5.54 Å². The Morgan fingerprint density at radius 3 is 2.56 bits per heavy atom. The highest BCUT2D eigenvalue weighted by Gasteiger charge is 2.49. The fourth-order valence-corrected chi connectivity index (χ4v) is 4.67. The number of imide groups is 1. The van der Waals surface area contributed by atoms with E-state index in [1.165, 1.54) is 0 Å². The molecule has 9 heteroatoms. The van der Waals surface area contributed by atoms with Gasteiger partial charge in [-0.25, -0.2) is 4.79 Å². The van der Waals surface area contributed by atoms with Gasteiger partial charge in [0.25, 0.3) is 5.91 Å². The van der Waals surface area contributed by atoms with Gasteiger partial charge in [-0.15, -0.1) is 0 Å². The zero-order valence-electron chi connectivity index (χ0n) is 19.2. The number of methoxy groups -OCH3 is 1. The second-order valence-electron chi connectivity index (χ2n) is 8.94. The molecule has 2 fully saturated rings. The van der Waals surface area contributed by atoms with Crippen molar-refractivity contribution >= 4 is 11.9 Å². The van der Waals surface area contributed by atoms with Gasteiger partial charge in [0.05, 0.1) is 13.7 Å². The van der Waals surface area contributed by atoms with Crippen molar-refractivity contribution in [2.75, 3.05) is 40.2 Å². The minimum absolute atomic E-state index is 0.262. The van der Waals surface area contributed by atoms with E-state index in [2.05, 4.69) is 10.6 Å². The Labute approximate surface area is 198 Å². The van der Waals surface area contributed by atoms with Gasteiger partial charge in [-0.05, 0) is 42.5 Å². The van der Waals surface area contributed by atoms with Crippen LogP contribution < -0.4 is 24.8 Å². The maximum Gasteiger partial charge on any atom is 0.322 e. The molecular formula is C25H29N3O6. The molecule has 9 nitrogen and oxygen atoms in total. The van der Waals surface area contributed by atoms with Crippen LogP contribution in [0, 0.1) is 5.92 Å². The van der Waals surface area contributed by atoms with E-state index in [0.29, 0.717) is 24.6 Å².